The minimum Gasteiger partial charge on any atom is -0.326 e. The molecule has 0 radical (unpaired) electrons. The average Bonchev–Trinajstić information content (AvgIpc) is 2.40. The van der Waals surface area contributed by atoms with E-state index < -0.39 is 0 Å². The lowest BCUT2D eigenvalue weighted by Gasteiger charge is -2.38. The molecule has 0 spiro atoms. The number of benzene rings is 1. The minimum absolute atomic E-state index is 0.121. The molecule has 0 bridgehead atoms. The minimum atomic E-state index is 0.121. The molecule has 1 aliphatic rings. The van der Waals surface area contributed by atoms with E-state index in [1.54, 1.807) is 5.57 Å². The van der Waals surface area contributed by atoms with Gasteiger partial charge in [0.05, 0.1) is 0 Å². The summed E-state index contributed by atoms with van der Waals surface area (Å²) in [5, 5.41) is 0. The summed E-state index contributed by atoms with van der Waals surface area (Å²) in [6, 6.07) is 8.98. The van der Waals surface area contributed by atoms with Gasteiger partial charge in [0.15, 0.2) is 0 Å². The highest BCUT2D eigenvalue weighted by atomic mass is 79.9. The first-order valence-electron chi connectivity index (χ1n) is 7.73. The molecule has 21 heavy (non-hydrogen) atoms. The van der Waals surface area contributed by atoms with Gasteiger partial charge >= 0.3 is 0 Å². The SMILES string of the molecule is CC(N)C(c1ccc(Br)cc1)N1CC=C(C(C)(C)C)CC1. The van der Waals surface area contributed by atoms with Crippen molar-refractivity contribution in [3.8, 4) is 0 Å². The fraction of sp³-hybridized carbons (Fsp3) is 0.556. The summed E-state index contributed by atoms with van der Waals surface area (Å²) in [4.78, 5) is 2.50. The molecule has 116 valence electrons. The molecule has 2 atom stereocenters. The zero-order valence-electron chi connectivity index (χ0n) is 13.6. The fourth-order valence-electron chi connectivity index (χ4n) is 3.13. The van der Waals surface area contributed by atoms with Gasteiger partial charge in [-0.2, -0.15) is 0 Å². The lowest BCUT2D eigenvalue weighted by Crippen LogP contribution is -2.42. The maximum absolute atomic E-state index is 6.28. The second-order valence-electron chi connectivity index (χ2n) is 7.08. The lowest BCUT2D eigenvalue weighted by atomic mass is 9.82. The van der Waals surface area contributed by atoms with Crippen LogP contribution in [-0.2, 0) is 0 Å². The molecular weight excluding hydrogens is 324 g/mol. The van der Waals surface area contributed by atoms with E-state index in [9.17, 15) is 0 Å². The van der Waals surface area contributed by atoms with Gasteiger partial charge in [0, 0.05) is 29.6 Å². The van der Waals surface area contributed by atoms with Crippen LogP contribution in [0.2, 0.25) is 0 Å². The van der Waals surface area contributed by atoms with E-state index >= 15 is 0 Å². The van der Waals surface area contributed by atoms with E-state index in [-0.39, 0.29) is 17.5 Å². The third-order valence-electron chi connectivity index (χ3n) is 4.31. The quantitative estimate of drug-likeness (QED) is 0.812. The molecule has 2 N–H and O–H groups in total. The summed E-state index contributed by atoms with van der Waals surface area (Å²) in [6.07, 6.45) is 3.54. The van der Waals surface area contributed by atoms with Gasteiger partial charge in [0.2, 0.25) is 0 Å². The fourth-order valence-corrected chi connectivity index (χ4v) is 3.39. The van der Waals surface area contributed by atoms with Crippen LogP contribution in [0.3, 0.4) is 0 Å². The normalized spacial score (nSPS) is 20.0. The van der Waals surface area contributed by atoms with Crippen molar-refractivity contribution >= 4 is 15.9 Å². The number of hydrogen-bond donors (Lipinski definition) is 1. The van der Waals surface area contributed by atoms with Crippen LogP contribution in [0.5, 0.6) is 0 Å². The Kier molecular flexibility index (Phi) is 5.29. The molecule has 0 saturated heterocycles. The first-order chi connectivity index (χ1) is 9.79. The third-order valence-corrected chi connectivity index (χ3v) is 4.84. The highest BCUT2D eigenvalue weighted by Gasteiger charge is 2.28. The Morgan fingerprint density at radius 3 is 2.24 bits per heavy atom. The largest absolute Gasteiger partial charge is 0.326 e. The molecule has 3 heteroatoms. The topological polar surface area (TPSA) is 29.3 Å². The molecule has 0 aliphatic carbocycles. The van der Waals surface area contributed by atoms with Gasteiger partial charge in [-0.15, -0.1) is 0 Å². The van der Waals surface area contributed by atoms with Crippen molar-refractivity contribution in [3.05, 3.63) is 46.0 Å². The molecule has 1 aromatic rings. The number of hydrogen-bond acceptors (Lipinski definition) is 2. The molecule has 2 nitrogen and oxygen atoms in total. The van der Waals surface area contributed by atoms with E-state index in [1.807, 2.05) is 0 Å². The van der Waals surface area contributed by atoms with Gasteiger partial charge in [-0.1, -0.05) is 60.5 Å². The zero-order chi connectivity index (χ0) is 15.6. The van der Waals surface area contributed by atoms with Crippen LogP contribution in [0.25, 0.3) is 0 Å². The second kappa shape index (κ2) is 6.64. The van der Waals surface area contributed by atoms with Crippen LogP contribution >= 0.6 is 15.9 Å². The smallest absolute Gasteiger partial charge is 0.0499 e. The van der Waals surface area contributed by atoms with E-state index in [4.69, 9.17) is 5.73 Å². The van der Waals surface area contributed by atoms with Crippen molar-refractivity contribution in [3.63, 3.8) is 0 Å². The van der Waals surface area contributed by atoms with E-state index in [0.717, 1.165) is 24.0 Å². The summed E-state index contributed by atoms with van der Waals surface area (Å²) in [5.74, 6) is 0. The van der Waals surface area contributed by atoms with Crippen molar-refractivity contribution < 1.29 is 0 Å². The predicted octanol–water partition coefficient (Wildman–Crippen LogP) is 4.52. The van der Waals surface area contributed by atoms with Crippen LogP contribution < -0.4 is 5.73 Å². The average molecular weight is 351 g/mol. The predicted molar refractivity (Wildman–Crippen MR) is 94.3 cm³/mol. The Morgan fingerprint density at radius 1 is 1.19 bits per heavy atom. The Morgan fingerprint density at radius 2 is 1.81 bits per heavy atom. The summed E-state index contributed by atoms with van der Waals surface area (Å²) in [6.45, 7) is 11.1. The van der Waals surface area contributed by atoms with E-state index in [1.165, 1.54) is 5.56 Å². The van der Waals surface area contributed by atoms with Gasteiger partial charge < -0.3 is 5.73 Å². The van der Waals surface area contributed by atoms with Crippen molar-refractivity contribution in [2.24, 2.45) is 11.1 Å². The highest BCUT2D eigenvalue weighted by Crippen LogP contribution is 2.33. The number of nitrogens with two attached hydrogens (primary N) is 1. The summed E-state index contributed by atoms with van der Waals surface area (Å²) in [5.41, 5.74) is 9.44. The zero-order valence-corrected chi connectivity index (χ0v) is 15.2. The second-order valence-corrected chi connectivity index (χ2v) is 8.00. The van der Waals surface area contributed by atoms with Gasteiger partial charge in [-0.3, -0.25) is 4.90 Å². The Bertz CT molecular complexity index is 497. The molecule has 0 fully saturated rings. The first kappa shape index (κ1) is 16.7. The molecule has 1 aliphatic heterocycles. The maximum atomic E-state index is 6.28. The van der Waals surface area contributed by atoms with Crippen LogP contribution in [0.4, 0.5) is 0 Å². The third kappa shape index (κ3) is 4.18. The highest BCUT2D eigenvalue weighted by molar-refractivity contribution is 9.10. The maximum Gasteiger partial charge on any atom is 0.0499 e. The van der Waals surface area contributed by atoms with E-state index in [2.05, 4.69) is 78.9 Å². The molecule has 0 saturated carbocycles. The number of nitrogens with zero attached hydrogens (tertiary/aromatic N) is 1. The summed E-state index contributed by atoms with van der Waals surface area (Å²) in [7, 11) is 0. The Balaban J connectivity index is 2.18. The van der Waals surface area contributed by atoms with Gasteiger partial charge in [-0.05, 0) is 36.5 Å². The molecule has 0 amide bonds. The Hall–Kier alpha value is -0.640. The van der Waals surface area contributed by atoms with Crippen LogP contribution in [0.1, 0.15) is 45.7 Å². The van der Waals surface area contributed by atoms with Gasteiger partial charge in [0.25, 0.3) is 0 Å². The van der Waals surface area contributed by atoms with Crippen LogP contribution in [-0.4, -0.2) is 24.0 Å². The summed E-state index contributed by atoms with van der Waals surface area (Å²) >= 11 is 3.50. The molecular formula is C18H27BrN2. The number of halogens is 1. The molecule has 0 aromatic heterocycles. The van der Waals surface area contributed by atoms with Crippen molar-refractivity contribution in [1.29, 1.82) is 0 Å². The van der Waals surface area contributed by atoms with Crippen molar-refractivity contribution in [2.45, 2.75) is 46.2 Å². The van der Waals surface area contributed by atoms with Gasteiger partial charge in [-0.25, -0.2) is 0 Å². The first-order valence-corrected chi connectivity index (χ1v) is 8.53. The lowest BCUT2D eigenvalue weighted by molar-refractivity contribution is 0.184. The molecule has 2 rings (SSSR count). The van der Waals surface area contributed by atoms with Gasteiger partial charge in [0.1, 0.15) is 0 Å². The molecule has 1 heterocycles. The van der Waals surface area contributed by atoms with E-state index in [0.29, 0.717) is 0 Å². The van der Waals surface area contributed by atoms with Crippen molar-refractivity contribution in [1.82, 2.24) is 4.90 Å². The van der Waals surface area contributed by atoms with Crippen molar-refractivity contribution in [2.75, 3.05) is 13.1 Å². The van der Waals surface area contributed by atoms with Crippen LogP contribution in [0, 0.1) is 5.41 Å². The molecule has 2 unspecified atom stereocenters. The number of rotatable bonds is 3. The molecule has 1 aromatic carbocycles. The standard InChI is InChI=1S/C18H27BrN2/c1-13(20)17(14-5-7-16(19)8-6-14)21-11-9-15(10-12-21)18(2,3)4/h5-9,13,17H,10-12,20H2,1-4H3. The monoisotopic (exact) mass is 350 g/mol. The van der Waals surface area contributed by atoms with Crippen LogP contribution in [0.15, 0.2) is 40.4 Å². The summed E-state index contributed by atoms with van der Waals surface area (Å²) < 4.78 is 1.11. The Labute approximate surface area is 137 Å².